The molecule has 30 heavy (non-hydrogen) atoms. The first-order valence-corrected chi connectivity index (χ1v) is 9.51. The zero-order valence-corrected chi connectivity index (χ0v) is 16.5. The number of hydrogen-bond donors (Lipinski definition) is 1. The molecule has 1 amide bonds. The lowest BCUT2D eigenvalue weighted by molar-refractivity contribution is -0.385. The highest BCUT2D eigenvalue weighted by Crippen LogP contribution is 2.28. The zero-order chi connectivity index (χ0) is 21.3. The number of nitro benzene ring substituents is 1. The van der Waals surface area contributed by atoms with Gasteiger partial charge in [0.1, 0.15) is 5.52 Å². The summed E-state index contributed by atoms with van der Waals surface area (Å²) in [4.78, 5) is 27.9. The van der Waals surface area contributed by atoms with Crippen LogP contribution in [0.15, 0.2) is 65.1 Å². The summed E-state index contributed by atoms with van der Waals surface area (Å²) in [5.41, 5.74) is 4.41. The molecular weight excluding hydrogens is 382 g/mol. The number of carbonyl (C=O) groups is 1. The van der Waals surface area contributed by atoms with E-state index in [1.807, 2.05) is 24.3 Å². The van der Waals surface area contributed by atoms with Crippen LogP contribution in [-0.4, -0.2) is 15.8 Å². The van der Waals surface area contributed by atoms with Crippen molar-refractivity contribution >= 4 is 28.4 Å². The number of benzene rings is 3. The second-order valence-corrected chi connectivity index (χ2v) is 6.92. The van der Waals surface area contributed by atoms with Crippen LogP contribution >= 0.6 is 0 Å². The number of fused-ring (bicyclic) bond motifs is 1. The van der Waals surface area contributed by atoms with E-state index in [2.05, 4.69) is 17.2 Å². The normalized spacial score (nSPS) is 10.9. The summed E-state index contributed by atoms with van der Waals surface area (Å²) in [7, 11) is 0. The summed E-state index contributed by atoms with van der Waals surface area (Å²) in [6, 6.07) is 17.5. The molecule has 0 unspecified atom stereocenters. The molecule has 0 aliphatic heterocycles. The fraction of sp³-hybridized carbons (Fsp3) is 0.130. The van der Waals surface area contributed by atoms with Crippen LogP contribution in [0.25, 0.3) is 22.6 Å². The minimum Gasteiger partial charge on any atom is -0.436 e. The van der Waals surface area contributed by atoms with Crippen molar-refractivity contribution in [3.63, 3.8) is 0 Å². The van der Waals surface area contributed by atoms with Crippen molar-refractivity contribution < 1.29 is 14.1 Å². The average molecular weight is 401 g/mol. The van der Waals surface area contributed by atoms with Crippen LogP contribution in [0.2, 0.25) is 0 Å². The quantitative estimate of drug-likeness (QED) is 0.350. The van der Waals surface area contributed by atoms with Crippen molar-refractivity contribution in [1.82, 2.24) is 4.98 Å². The number of hydrogen-bond acceptors (Lipinski definition) is 5. The summed E-state index contributed by atoms with van der Waals surface area (Å²) in [5.74, 6) is 0.0411. The number of nitrogens with one attached hydrogen (secondary N) is 1. The Morgan fingerprint density at radius 1 is 1.13 bits per heavy atom. The van der Waals surface area contributed by atoms with E-state index in [-0.39, 0.29) is 11.3 Å². The Morgan fingerprint density at radius 3 is 2.70 bits per heavy atom. The molecule has 0 saturated heterocycles. The third-order valence-corrected chi connectivity index (χ3v) is 4.97. The van der Waals surface area contributed by atoms with Gasteiger partial charge in [-0.3, -0.25) is 14.9 Å². The van der Waals surface area contributed by atoms with Crippen LogP contribution in [0.4, 0.5) is 11.4 Å². The molecule has 0 spiro atoms. The molecule has 4 rings (SSSR count). The van der Waals surface area contributed by atoms with Gasteiger partial charge in [0.15, 0.2) is 5.58 Å². The molecule has 7 heteroatoms. The number of oxazole rings is 1. The molecule has 0 aliphatic carbocycles. The number of nitro groups is 1. The first-order chi connectivity index (χ1) is 14.5. The topological polar surface area (TPSA) is 98.3 Å². The second-order valence-electron chi connectivity index (χ2n) is 6.92. The SMILES string of the molecule is CCc1ccc2oc(-c3cccc(NC(=O)c4cccc([N+](=O)[O-])c4C)c3)nc2c1. The van der Waals surface area contributed by atoms with Crippen LogP contribution in [0.1, 0.15) is 28.4 Å². The van der Waals surface area contributed by atoms with Crippen molar-refractivity contribution in [2.24, 2.45) is 0 Å². The Bertz CT molecular complexity index is 1280. The van der Waals surface area contributed by atoms with Gasteiger partial charge in [-0.1, -0.05) is 25.1 Å². The highest BCUT2D eigenvalue weighted by atomic mass is 16.6. The van der Waals surface area contributed by atoms with Gasteiger partial charge in [0.25, 0.3) is 11.6 Å². The molecule has 7 nitrogen and oxygen atoms in total. The van der Waals surface area contributed by atoms with E-state index in [1.165, 1.54) is 17.7 Å². The van der Waals surface area contributed by atoms with Crippen LogP contribution in [0.5, 0.6) is 0 Å². The smallest absolute Gasteiger partial charge is 0.273 e. The highest BCUT2D eigenvalue weighted by Gasteiger charge is 2.18. The summed E-state index contributed by atoms with van der Waals surface area (Å²) in [5, 5.41) is 13.9. The highest BCUT2D eigenvalue weighted by molar-refractivity contribution is 6.06. The lowest BCUT2D eigenvalue weighted by Crippen LogP contribution is -2.14. The summed E-state index contributed by atoms with van der Waals surface area (Å²) in [6.07, 6.45) is 0.913. The van der Waals surface area contributed by atoms with Gasteiger partial charge in [-0.25, -0.2) is 4.98 Å². The molecule has 0 fully saturated rings. The number of amides is 1. The Balaban J connectivity index is 1.62. The maximum atomic E-state index is 12.7. The minimum absolute atomic E-state index is 0.0886. The van der Waals surface area contributed by atoms with Crippen LogP contribution < -0.4 is 5.32 Å². The van der Waals surface area contributed by atoms with Crippen LogP contribution in [0.3, 0.4) is 0 Å². The third-order valence-electron chi connectivity index (χ3n) is 4.97. The Labute approximate surface area is 172 Å². The molecule has 0 radical (unpaired) electrons. The summed E-state index contributed by atoms with van der Waals surface area (Å²) in [6.45, 7) is 3.64. The van der Waals surface area contributed by atoms with E-state index in [1.54, 1.807) is 31.2 Å². The van der Waals surface area contributed by atoms with Gasteiger partial charge in [-0.2, -0.15) is 0 Å². The predicted molar refractivity (Wildman–Crippen MR) is 115 cm³/mol. The maximum absolute atomic E-state index is 12.7. The van der Waals surface area contributed by atoms with E-state index in [4.69, 9.17) is 4.42 Å². The molecular formula is C23H19N3O4. The largest absolute Gasteiger partial charge is 0.436 e. The van der Waals surface area contributed by atoms with Crippen molar-refractivity contribution in [3.8, 4) is 11.5 Å². The molecule has 1 heterocycles. The second kappa shape index (κ2) is 7.79. The predicted octanol–water partition coefficient (Wildman–Crippen LogP) is 5.53. The number of nitrogens with zero attached hydrogens (tertiary/aromatic N) is 2. The van der Waals surface area contributed by atoms with Gasteiger partial charge in [0, 0.05) is 28.4 Å². The van der Waals surface area contributed by atoms with E-state index in [9.17, 15) is 14.9 Å². The van der Waals surface area contributed by atoms with Gasteiger partial charge in [-0.05, 0) is 55.3 Å². The fourth-order valence-corrected chi connectivity index (χ4v) is 3.31. The molecule has 3 aromatic carbocycles. The molecule has 0 saturated carbocycles. The van der Waals surface area contributed by atoms with Gasteiger partial charge in [-0.15, -0.1) is 0 Å². The van der Waals surface area contributed by atoms with E-state index in [0.717, 1.165) is 17.5 Å². The van der Waals surface area contributed by atoms with Crippen molar-refractivity contribution in [3.05, 3.63) is 87.5 Å². The Kier molecular flexibility index (Phi) is 5.02. The Hall–Kier alpha value is -4.00. The monoisotopic (exact) mass is 401 g/mol. The Morgan fingerprint density at radius 2 is 1.93 bits per heavy atom. The van der Waals surface area contributed by atoms with E-state index in [0.29, 0.717) is 22.7 Å². The third kappa shape index (κ3) is 3.65. The summed E-state index contributed by atoms with van der Waals surface area (Å²) >= 11 is 0. The lowest BCUT2D eigenvalue weighted by Gasteiger charge is -2.08. The number of aryl methyl sites for hydroxylation is 1. The van der Waals surface area contributed by atoms with Crippen molar-refractivity contribution in [2.45, 2.75) is 20.3 Å². The fourth-order valence-electron chi connectivity index (χ4n) is 3.31. The number of carbonyl (C=O) groups excluding carboxylic acids is 1. The lowest BCUT2D eigenvalue weighted by atomic mass is 10.1. The number of aromatic nitrogens is 1. The molecule has 0 bridgehead atoms. The standard InChI is InChI=1S/C23H19N3O4/c1-3-15-10-11-21-19(12-15)25-23(30-21)16-6-4-7-17(13-16)24-22(27)18-8-5-9-20(14(18)2)26(28)29/h4-13H,3H2,1-2H3,(H,24,27). The number of anilines is 1. The molecule has 0 aliphatic rings. The van der Waals surface area contributed by atoms with Gasteiger partial charge >= 0.3 is 0 Å². The zero-order valence-electron chi connectivity index (χ0n) is 16.5. The minimum atomic E-state index is -0.496. The van der Waals surface area contributed by atoms with Crippen molar-refractivity contribution in [2.75, 3.05) is 5.32 Å². The van der Waals surface area contributed by atoms with Crippen molar-refractivity contribution in [1.29, 1.82) is 0 Å². The molecule has 0 atom stereocenters. The average Bonchev–Trinajstić information content (AvgIpc) is 3.17. The van der Waals surface area contributed by atoms with E-state index < -0.39 is 10.8 Å². The van der Waals surface area contributed by atoms with Gasteiger partial charge in [0.2, 0.25) is 5.89 Å². The molecule has 1 aromatic heterocycles. The maximum Gasteiger partial charge on any atom is 0.273 e. The first-order valence-electron chi connectivity index (χ1n) is 9.51. The van der Waals surface area contributed by atoms with Crippen LogP contribution in [-0.2, 0) is 6.42 Å². The molecule has 4 aromatic rings. The summed E-state index contributed by atoms with van der Waals surface area (Å²) < 4.78 is 5.86. The van der Waals surface area contributed by atoms with Crippen LogP contribution in [0, 0.1) is 17.0 Å². The molecule has 1 N–H and O–H groups in total. The van der Waals surface area contributed by atoms with Gasteiger partial charge < -0.3 is 9.73 Å². The number of rotatable bonds is 5. The molecule has 150 valence electrons. The first kappa shape index (κ1) is 19.3. The van der Waals surface area contributed by atoms with E-state index >= 15 is 0 Å². The van der Waals surface area contributed by atoms with Gasteiger partial charge in [0.05, 0.1) is 4.92 Å².